The van der Waals surface area contributed by atoms with E-state index in [2.05, 4.69) is 4.98 Å². The van der Waals surface area contributed by atoms with Crippen molar-refractivity contribution in [3.63, 3.8) is 0 Å². The van der Waals surface area contributed by atoms with E-state index < -0.39 is 29.7 Å². The highest BCUT2D eigenvalue weighted by atomic mass is 32.1. The minimum absolute atomic E-state index is 0.172. The Hall–Kier alpha value is -2.00. The van der Waals surface area contributed by atoms with Gasteiger partial charge in [0.1, 0.15) is 12.3 Å². The number of H-pyrrole nitrogens is 1. The molecule has 0 aliphatic carbocycles. The second kappa shape index (κ2) is 6.63. The number of nitrogens with zero attached hydrogens (tertiary/aromatic N) is 1. The van der Waals surface area contributed by atoms with Gasteiger partial charge in [-0.05, 0) is 23.6 Å². The van der Waals surface area contributed by atoms with E-state index in [9.17, 15) is 14.7 Å². The Morgan fingerprint density at radius 1 is 1.43 bits per heavy atom. The van der Waals surface area contributed by atoms with Gasteiger partial charge in [0.05, 0.1) is 18.3 Å². The maximum Gasteiger partial charge on any atom is 0.330 e. The van der Waals surface area contributed by atoms with Gasteiger partial charge in [-0.1, -0.05) is 6.07 Å². The Bertz CT molecular complexity index is 808. The molecule has 0 amide bonds. The summed E-state index contributed by atoms with van der Waals surface area (Å²) in [6.45, 7) is -0.332. The first-order chi connectivity index (χ1) is 11.1. The fourth-order valence-corrected chi connectivity index (χ4v) is 3.06. The number of aromatic nitrogens is 2. The number of hydrogen-bond acceptors (Lipinski definition) is 6. The molecule has 0 aromatic carbocycles. The van der Waals surface area contributed by atoms with E-state index in [1.165, 1.54) is 22.1 Å². The number of aromatic amines is 1. The van der Waals surface area contributed by atoms with Crippen LogP contribution in [0.1, 0.15) is 23.1 Å². The summed E-state index contributed by atoms with van der Waals surface area (Å²) in [6, 6.07) is 3.81. The predicted octanol–water partition coefficient (Wildman–Crippen LogP) is 0.409. The van der Waals surface area contributed by atoms with Crippen molar-refractivity contribution >= 4 is 23.5 Å². The molecule has 7 nitrogen and oxygen atoms in total. The maximum absolute atomic E-state index is 12.0. The highest BCUT2D eigenvalue weighted by Crippen LogP contribution is 2.27. The molecule has 1 aliphatic heterocycles. The predicted molar refractivity (Wildman–Crippen MR) is 86.2 cm³/mol. The molecule has 0 unspecified atom stereocenters. The van der Waals surface area contributed by atoms with E-state index in [1.807, 2.05) is 17.5 Å². The van der Waals surface area contributed by atoms with Crippen LogP contribution in [0.2, 0.25) is 0 Å². The van der Waals surface area contributed by atoms with E-state index in [1.54, 1.807) is 12.2 Å². The third-order valence-electron chi connectivity index (χ3n) is 3.66. The van der Waals surface area contributed by atoms with Crippen LogP contribution < -0.4 is 11.2 Å². The molecular weight excluding hydrogens is 320 g/mol. The smallest absolute Gasteiger partial charge is 0.330 e. The van der Waals surface area contributed by atoms with Gasteiger partial charge in [0.15, 0.2) is 0 Å². The number of thiophene rings is 1. The molecule has 3 rings (SSSR count). The lowest BCUT2D eigenvalue weighted by Gasteiger charge is -2.14. The maximum atomic E-state index is 12.0. The van der Waals surface area contributed by atoms with Crippen LogP contribution in [0.25, 0.3) is 12.2 Å². The molecule has 2 aromatic rings. The minimum atomic E-state index is -0.853. The average molecular weight is 336 g/mol. The van der Waals surface area contributed by atoms with Crippen molar-refractivity contribution in [3.8, 4) is 0 Å². The van der Waals surface area contributed by atoms with Crippen LogP contribution in [0.15, 0.2) is 33.3 Å². The van der Waals surface area contributed by atoms with Gasteiger partial charge in [-0.25, -0.2) is 4.79 Å². The number of hydrogen-bond donors (Lipinski definition) is 3. The monoisotopic (exact) mass is 336 g/mol. The molecule has 0 radical (unpaired) electrons. The summed E-state index contributed by atoms with van der Waals surface area (Å²) in [6.07, 6.45) is 2.67. The summed E-state index contributed by atoms with van der Waals surface area (Å²) >= 11 is 1.53. The largest absolute Gasteiger partial charge is 0.394 e. The van der Waals surface area contributed by atoms with Crippen molar-refractivity contribution in [3.05, 3.63) is 55.0 Å². The minimum Gasteiger partial charge on any atom is -0.394 e. The zero-order valence-electron chi connectivity index (χ0n) is 12.1. The zero-order valence-corrected chi connectivity index (χ0v) is 12.9. The normalized spacial score (nSPS) is 24.5. The standard InChI is InChI=1S/C15H16N2O5S/c18-8-12-11(19)6-13(22-12)17-7-9(14(20)16-15(17)21)3-4-10-2-1-5-23-10/h1-5,7,11-13,18-19H,6,8H2,(H,16,20,21)/b4-3+/t11-,12+,13+/m0/s1. The van der Waals surface area contributed by atoms with Gasteiger partial charge in [-0.2, -0.15) is 0 Å². The highest BCUT2D eigenvalue weighted by Gasteiger charge is 2.35. The second-order valence-corrected chi connectivity index (χ2v) is 6.19. The molecule has 0 saturated carbocycles. The van der Waals surface area contributed by atoms with Crippen molar-refractivity contribution < 1.29 is 14.9 Å². The van der Waals surface area contributed by atoms with Crippen LogP contribution in [0.3, 0.4) is 0 Å². The summed E-state index contributed by atoms with van der Waals surface area (Å²) in [5.74, 6) is 0. The fraction of sp³-hybridized carbons (Fsp3) is 0.333. The van der Waals surface area contributed by atoms with Crippen LogP contribution in [0, 0.1) is 0 Å². The van der Waals surface area contributed by atoms with Gasteiger partial charge < -0.3 is 14.9 Å². The molecule has 8 heteroatoms. The van der Waals surface area contributed by atoms with Gasteiger partial charge in [-0.15, -0.1) is 11.3 Å². The van der Waals surface area contributed by atoms with E-state index in [0.717, 1.165) is 4.88 Å². The highest BCUT2D eigenvalue weighted by molar-refractivity contribution is 7.10. The lowest BCUT2D eigenvalue weighted by molar-refractivity contribution is -0.0459. The van der Waals surface area contributed by atoms with E-state index in [-0.39, 0.29) is 13.0 Å². The summed E-state index contributed by atoms with van der Waals surface area (Å²) in [5.41, 5.74) is -0.793. The summed E-state index contributed by atoms with van der Waals surface area (Å²) in [4.78, 5) is 27.1. The molecule has 122 valence electrons. The van der Waals surface area contributed by atoms with Gasteiger partial charge in [-0.3, -0.25) is 14.3 Å². The molecule has 0 bridgehead atoms. The van der Waals surface area contributed by atoms with Crippen molar-refractivity contribution in [2.75, 3.05) is 6.61 Å². The summed E-state index contributed by atoms with van der Waals surface area (Å²) < 4.78 is 6.68. The molecule has 1 fully saturated rings. The van der Waals surface area contributed by atoms with Crippen molar-refractivity contribution in [2.24, 2.45) is 0 Å². The molecule has 2 aromatic heterocycles. The van der Waals surface area contributed by atoms with Crippen LogP contribution >= 0.6 is 11.3 Å². The number of aliphatic hydroxyl groups excluding tert-OH is 2. The van der Waals surface area contributed by atoms with Crippen LogP contribution in [-0.4, -0.2) is 38.6 Å². The molecular formula is C15H16N2O5S. The zero-order chi connectivity index (χ0) is 16.4. The van der Waals surface area contributed by atoms with E-state index in [0.29, 0.717) is 5.56 Å². The van der Waals surface area contributed by atoms with Gasteiger partial charge in [0, 0.05) is 17.5 Å². The van der Waals surface area contributed by atoms with Crippen molar-refractivity contribution in [1.29, 1.82) is 0 Å². The Kier molecular flexibility index (Phi) is 4.58. The molecule has 23 heavy (non-hydrogen) atoms. The quantitative estimate of drug-likeness (QED) is 0.750. The molecule has 0 spiro atoms. The second-order valence-electron chi connectivity index (χ2n) is 5.21. The van der Waals surface area contributed by atoms with Crippen LogP contribution in [0.4, 0.5) is 0 Å². The van der Waals surface area contributed by atoms with Gasteiger partial charge in [0.25, 0.3) is 5.56 Å². The molecule has 1 aliphatic rings. The fourth-order valence-electron chi connectivity index (χ4n) is 2.44. The number of nitrogens with one attached hydrogen (secondary N) is 1. The van der Waals surface area contributed by atoms with E-state index in [4.69, 9.17) is 9.84 Å². The average Bonchev–Trinajstić information content (AvgIpc) is 3.15. The number of aliphatic hydroxyl groups is 2. The first kappa shape index (κ1) is 15.9. The van der Waals surface area contributed by atoms with Gasteiger partial charge in [0.2, 0.25) is 0 Å². The third-order valence-corrected chi connectivity index (χ3v) is 4.50. The van der Waals surface area contributed by atoms with Gasteiger partial charge >= 0.3 is 5.69 Å². The Labute approximate surface area is 135 Å². The van der Waals surface area contributed by atoms with Crippen LogP contribution in [-0.2, 0) is 4.74 Å². The molecule has 3 N–H and O–H groups in total. The van der Waals surface area contributed by atoms with Crippen LogP contribution in [0.5, 0.6) is 0 Å². The molecule has 3 heterocycles. The lowest BCUT2D eigenvalue weighted by atomic mass is 10.2. The molecule has 1 saturated heterocycles. The Morgan fingerprint density at radius 3 is 2.91 bits per heavy atom. The van der Waals surface area contributed by atoms with E-state index >= 15 is 0 Å². The van der Waals surface area contributed by atoms with Crippen molar-refractivity contribution in [1.82, 2.24) is 9.55 Å². The first-order valence-electron chi connectivity index (χ1n) is 7.10. The lowest BCUT2D eigenvalue weighted by Crippen LogP contribution is -2.33. The summed E-state index contributed by atoms with van der Waals surface area (Å²) in [7, 11) is 0. The Morgan fingerprint density at radius 2 is 2.26 bits per heavy atom. The summed E-state index contributed by atoms with van der Waals surface area (Å²) in [5, 5.41) is 20.8. The number of ether oxygens (including phenoxy) is 1. The first-order valence-corrected chi connectivity index (χ1v) is 7.98. The Balaban J connectivity index is 1.91. The SMILES string of the molecule is O=c1[nH]c(=O)n([C@H]2C[C@H](O)[C@@H](CO)O2)cc1/C=C/c1cccs1. The number of rotatable bonds is 4. The van der Waals surface area contributed by atoms with Crippen molar-refractivity contribution in [2.45, 2.75) is 24.9 Å². The topological polar surface area (TPSA) is 105 Å². The molecule has 3 atom stereocenters. The third kappa shape index (κ3) is 3.35.